The van der Waals surface area contributed by atoms with Gasteiger partial charge in [-0.1, -0.05) is 0 Å². The summed E-state index contributed by atoms with van der Waals surface area (Å²) in [5, 5.41) is 3.92. The van der Waals surface area contributed by atoms with Crippen molar-refractivity contribution < 1.29 is 14.0 Å². The van der Waals surface area contributed by atoms with Crippen molar-refractivity contribution >= 4 is 39.6 Å². The van der Waals surface area contributed by atoms with Crippen LogP contribution in [0.2, 0.25) is 0 Å². The van der Waals surface area contributed by atoms with E-state index < -0.39 is 0 Å². The number of thioether (sulfide) groups is 1. The summed E-state index contributed by atoms with van der Waals surface area (Å²) in [6.07, 6.45) is 5.35. The molecule has 2 amide bonds. The first kappa shape index (κ1) is 18.6. The molecule has 0 atom stereocenters. The molecule has 0 saturated heterocycles. The summed E-state index contributed by atoms with van der Waals surface area (Å²) < 4.78 is 5.68. The Morgan fingerprint density at radius 2 is 1.82 bits per heavy atom. The standard InChI is InChI=1S/C22H22N2O3S/c1-24(2)22(26)28-18-8-6-17(7-9-18)23-21(25)12-16-13-27-20-11-15-5-3-4-14(15)10-19(16)20/h6-11,13H,3-5,12H2,1-2H3,(H,23,25). The molecular formula is C22H22N2O3S. The highest BCUT2D eigenvalue weighted by Crippen LogP contribution is 2.30. The van der Waals surface area contributed by atoms with Crippen LogP contribution in [0.5, 0.6) is 0 Å². The second kappa shape index (κ2) is 7.72. The monoisotopic (exact) mass is 394 g/mol. The maximum atomic E-state index is 12.5. The highest BCUT2D eigenvalue weighted by atomic mass is 32.2. The normalized spacial score (nSPS) is 12.8. The molecule has 0 saturated carbocycles. The lowest BCUT2D eigenvalue weighted by atomic mass is 10.0. The molecule has 0 aliphatic heterocycles. The Bertz CT molecular complexity index is 1040. The van der Waals surface area contributed by atoms with Crippen LogP contribution in [0, 0.1) is 0 Å². The zero-order valence-corrected chi connectivity index (χ0v) is 16.8. The molecular weight excluding hydrogens is 372 g/mol. The predicted octanol–water partition coefficient (Wildman–Crippen LogP) is 4.88. The number of amides is 2. The fourth-order valence-electron chi connectivity index (χ4n) is 3.46. The average molecular weight is 394 g/mol. The van der Waals surface area contributed by atoms with E-state index in [9.17, 15) is 9.59 Å². The van der Waals surface area contributed by atoms with Gasteiger partial charge in [-0.2, -0.15) is 0 Å². The van der Waals surface area contributed by atoms with Crippen molar-refractivity contribution in [1.29, 1.82) is 0 Å². The van der Waals surface area contributed by atoms with Crippen molar-refractivity contribution in [2.24, 2.45) is 0 Å². The van der Waals surface area contributed by atoms with Crippen molar-refractivity contribution in [3.05, 3.63) is 59.4 Å². The van der Waals surface area contributed by atoms with Gasteiger partial charge in [-0.15, -0.1) is 0 Å². The van der Waals surface area contributed by atoms with Gasteiger partial charge in [0, 0.05) is 35.6 Å². The minimum Gasteiger partial charge on any atom is -0.464 e. The topological polar surface area (TPSA) is 62.6 Å². The molecule has 1 heterocycles. The first-order chi connectivity index (χ1) is 13.5. The number of benzene rings is 2. The van der Waals surface area contributed by atoms with Crippen LogP contribution in [0.3, 0.4) is 0 Å². The van der Waals surface area contributed by atoms with Gasteiger partial charge in [0.05, 0.1) is 12.7 Å². The van der Waals surface area contributed by atoms with E-state index in [0.29, 0.717) is 5.69 Å². The van der Waals surface area contributed by atoms with Crippen molar-refractivity contribution in [3.8, 4) is 0 Å². The molecule has 1 aliphatic carbocycles. The Morgan fingerprint density at radius 1 is 1.11 bits per heavy atom. The Morgan fingerprint density at radius 3 is 2.54 bits per heavy atom. The lowest BCUT2D eigenvalue weighted by Crippen LogP contribution is -2.16. The molecule has 6 heteroatoms. The first-order valence-corrected chi connectivity index (χ1v) is 10.1. The third kappa shape index (κ3) is 3.92. The van der Waals surface area contributed by atoms with E-state index in [1.54, 1.807) is 20.4 Å². The molecule has 0 unspecified atom stereocenters. The maximum absolute atomic E-state index is 12.5. The molecule has 0 bridgehead atoms. The summed E-state index contributed by atoms with van der Waals surface area (Å²) in [4.78, 5) is 26.6. The molecule has 28 heavy (non-hydrogen) atoms. The van der Waals surface area contributed by atoms with Crippen LogP contribution in [0.15, 0.2) is 52.0 Å². The van der Waals surface area contributed by atoms with Crippen LogP contribution in [0.25, 0.3) is 11.0 Å². The smallest absolute Gasteiger partial charge is 0.285 e. The summed E-state index contributed by atoms with van der Waals surface area (Å²) in [6, 6.07) is 11.6. The molecule has 0 radical (unpaired) electrons. The molecule has 0 fully saturated rings. The summed E-state index contributed by atoms with van der Waals surface area (Å²) in [5.41, 5.74) is 5.21. The third-order valence-corrected chi connectivity index (χ3v) is 5.98. The fourth-order valence-corrected chi connectivity index (χ4v) is 4.12. The fraction of sp³-hybridized carbons (Fsp3) is 0.273. The van der Waals surface area contributed by atoms with Gasteiger partial charge >= 0.3 is 0 Å². The number of rotatable bonds is 4. The average Bonchev–Trinajstić information content (AvgIpc) is 3.28. The first-order valence-electron chi connectivity index (χ1n) is 9.30. The highest BCUT2D eigenvalue weighted by molar-refractivity contribution is 8.13. The second-order valence-corrected chi connectivity index (χ2v) is 8.27. The van der Waals surface area contributed by atoms with Gasteiger partial charge in [0.15, 0.2) is 0 Å². The quantitative estimate of drug-likeness (QED) is 0.641. The van der Waals surface area contributed by atoms with E-state index in [0.717, 1.165) is 46.0 Å². The SMILES string of the molecule is CN(C)C(=O)Sc1ccc(NC(=O)Cc2coc3cc4c(cc23)CCC4)cc1. The van der Waals surface area contributed by atoms with Gasteiger partial charge < -0.3 is 14.6 Å². The number of anilines is 1. The van der Waals surface area contributed by atoms with Crippen LogP contribution < -0.4 is 5.32 Å². The lowest BCUT2D eigenvalue weighted by molar-refractivity contribution is -0.115. The molecule has 144 valence electrons. The minimum absolute atomic E-state index is 0.0323. The van der Waals surface area contributed by atoms with E-state index in [2.05, 4.69) is 17.4 Å². The van der Waals surface area contributed by atoms with E-state index in [-0.39, 0.29) is 17.6 Å². The minimum atomic E-state index is -0.0898. The Balaban J connectivity index is 1.42. The summed E-state index contributed by atoms with van der Waals surface area (Å²) in [7, 11) is 3.44. The molecule has 1 N–H and O–H groups in total. The van der Waals surface area contributed by atoms with Crippen LogP contribution in [-0.2, 0) is 24.1 Å². The van der Waals surface area contributed by atoms with Gasteiger partial charge in [0.1, 0.15) is 5.58 Å². The number of furan rings is 1. The molecule has 3 aromatic rings. The van der Waals surface area contributed by atoms with E-state index in [1.165, 1.54) is 22.4 Å². The van der Waals surface area contributed by atoms with E-state index >= 15 is 0 Å². The second-order valence-electron chi connectivity index (χ2n) is 7.24. The van der Waals surface area contributed by atoms with Crippen molar-refractivity contribution in [2.75, 3.05) is 19.4 Å². The Kier molecular flexibility index (Phi) is 5.13. The van der Waals surface area contributed by atoms with Gasteiger partial charge in [0.25, 0.3) is 5.24 Å². The molecule has 5 nitrogen and oxygen atoms in total. The van der Waals surface area contributed by atoms with E-state index in [4.69, 9.17) is 4.42 Å². The number of hydrogen-bond acceptors (Lipinski definition) is 4. The van der Waals surface area contributed by atoms with Gasteiger partial charge in [-0.05, 0) is 78.5 Å². The number of carbonyl (C=O) groups is 2. The number of fused-ring (bicyclic) bond motifs is 2. The molecule has 2 aromatic carbocycles. The van der Waals surface area contributed by atoms with Crippen LogP contribution in [0.1, 0.15) is 23.1 Å². The van der Waals surface area contributed by atoms with Gasteiger partial charge in [-0.3, -0.25) is 9.59 Å². The zero-order valence-electron chi connectivity index (χ0n) is 16.0. The molecule has 1 aromatic heterocycles. The van der Waals surface area contributed by atoms with E-state index in [1.807, 2.05) is 24.3 Å². The molecule has 1 aliphatic rings. The summed E-state index contributed by atoms with van der Waals surface area (Å²) >= 11 is 1.16. The molecule has 0 spiro atoms. The predicted molar refractivity (Wildman–Crippen MR) is 112 cm³/mol. The van der Waals surface area contributed by atoms with Crippen molar-refractivity contribution in [1.82, 2.24) is 4.90 Å². The van der Waals surface area contributed by atoms with Gasteiger partial charge in [-0.25, -0.2) is 0 Å². The van der Waals surface area contributed by atoms with Crippen molar-refractivity contribution in [2.45, 2.75) is 30.6 Å². The number of nitrogens with one attached hydrogen (secondary N) is 1. The Hall–Kier alpha value is -2.73. The number of carbonyl (C=O) groups excluding carboxylic acids is 2. The van der Waals surface area contributed by atoms with Crippen molar-refractivity contribution in [3.63, 3.8) is 0 Å². The van der Waals surface area contributed by atoms with Crippen LogP contribution in [0.4, 0.5) is 10.5 Å². The largest absolute Gasteiger partial charge is 0.464 e. The summed E-state index contributed by atoms with van der Waals surface area (Å²) in [6.45, 7) is 0. The maximum Gasteiger partial charge on any atom is 0.285 e. The van der Waals surface area contributed by atoms with Crippen LogP contribution in [-0.4, -0.2) is 30.1 Å². The Labute approximate surface area is 168 Å². The number of hydrogen-bond donors (Lipinski definition) is 1. The zero-order chi connectivity index (χ0) is 19.7. The number of aryl methyl sites for hydroxylation is 2. The van der Waals surface area contributed by atoms with Gasteiger partial charge in [0.2, 0.25) is 5.91 Å². The summed E-state index contributed by atoms with van der Waals surface area (Å²) in [5.74, 6) is -0.0898. The number of nitrogens with zero attached hydrogens (tertiary/aromatic N) is 1. The third-order valence-electron chi connectivity index (χ3n) is 4.93. The molecule has 4 rings (SSSR count). The highest BCUT2D eigenvalue weighted by Gasteiger charge is 2.17. The van der Waals surface area contributed by atoms with Crippen LogP contribution >= 0.6 is 11.8 Å². The lowest BCUT2D eigenvalue weighted by Gasteiger charge is -2.10.